The molecule has 4 rings (SSSR count). The van der Waals surface area contributed by atoms with Gasteiger partial charge >= 0.3 is 6.09 Å². The van der Waals surface area contributed by atoms with E-state index in [2.05, 4.69) is 11.4 Å². The van der Waals surface area contributed by atoms with E-state index < -0.39 is 11.9 Å². The lowest BCUT2D eigenvalue weighted by atomic mass is 9.72. The molecule has 6 heteroatoms. The molecule has 0 unspecified atom stereocenters. The average molecular weight is 388 g/mol. The smallest absolute Gasteiger partial charge is 0.410 e. The highest BCUT2D eigenvalue weighted by atomic mass is 35.5. The monoisotopic (exact) mass is 387 g/mol. The van der Waals surface area contributed by atoms with Crippen molar-refractivity contribution < 1.29 is 18.7 Å². The minimum atomic E-state index is -0.753. The van der Waals surface area contributed by atoms with Crippen molar-refractivity contribution in [2.45, 2.75) is 19.3 Å². The van der Waals surface area contributed by atoms with Crippen molar-refractivity contribution in [2.75, 3.05) is 18.5 Å². The number of ether oxygens (including phenoxy) is 2. The maximum Gasteiger partial charge on any atom is 0.417 e. The highest BCUT2D eigenvalue weighted by Crippen LogP contribution is 2.45. The Morgan fingerprint density at radius 2 is 2.00 bits per heavy atom. The van der Waals surface area contributed by atoms with E-state index in [1.165, 1.54) is 6.07 Å². The molecule has 1 spiro atoms. The molecule has 1 aliphatic carbocycles. The number of anilines is 1. The van der Waals surface area contributed by atoms with Gasteiger partial charge in [-0.2, -0.15) is 0 Å². The molecule has 1 heterocycles. The number of allylic oxidation sites excluding steroid dienone is 2. The summed E-state index contributed by atoms with van der Waals surface area (Å²) in [6, 6.07) is 11.4. The number of carbonyl (C=O) groups is 1. The molecule has 0 atom stereocenters. The minimum Gasteiger partial charge on any atom is -0.410 e. The van der Waals surface area contributed by atoms with Crippen LogP contribution in [-0.2, 0) is 4.74 Å². The summed E-state index contributed by atoms with van der Waals surface area (Å²) in [7, 11) is 0. The number of hydrogen-bond donors (Lipinski definition) is 1. The fraction of sp³-hybridized carbons (Fsp3) is 0.286. The number of amides is 1. The van der Waals surface area contributed by atoms with Gasteiger partial charge in [0, 0.05) is 5.41 Å². The maximum atomic E-state index is 14.3. The van der Waals surface area contributed by atoms with Crippen LogP contribution >= 0.6 is 11.6 Å². The fourth-order valence-corrected chi connectivity index (χ4v) is 3.73. The van der Waals surface area contributed by atoms with Crippen molar-refractivity contribution in [1.29, 1.82) is 0 Å². The zero-order chi connectivity index (χ0) is 18.9. The van der Waals surface area contributed by atoms with Gasteiger partial charge in [-0.05, 0) is 54.7 Å². The first-order valence-corrected chi connectivity index (χ1v) is 9.23. The van der Waals surface area contributed by atoms with Crippen LogP contribution in [0.3, 0.4) is 0 Å². The van der Waals surface area contributed by atoms with E-state index in [1.807, 2.05) is 6.07 Å². The molecule has 27 heavy (non-hydrogen) atoms. The standard InChI is InChI=1S/C21H19ClFNO3/c22-17-11-18(23)19(24-20(25)27-15-4-2-1-3-5-15)10-16(17)14-6-8-21(9-7-14)12-26-13-21/h1-6,10-11H,7-9,12-13H2,(H,24,25). The second-order valence-electron chi connectivity index (χ2n) is 7.07. The minimum absolute atomic E-state index is 0.0449. The molecule has 2 aromatic rings. The molecule has 2 aromatic carbocycles. The molecule has 0 radical (unpaired) electrons. The van der Waals surface area contributed by atoms with Crippen LogP contribution in [0.2, 0.25) is 5.02 Å². The number of halogens is 2. The van der Waals surface area contributed by atoms with Gasteiger partial charge < -0.3 is 9.47 Å². The van der Waals surface area contributed by atoms with Crippen LogP contribution in [0.5, 0.6) is 5.75 Å². The predicted molar refractivity (Wildman–Crippen MR) is 103 cm³/mol. The van der Waals surface area contributed by atoms with Gasteiger partial charge in [-0.25, -0.2) is 9.18 Å². The van der Waals surface area contributed by atoms with E-state index in [0.29, 0.717) is 10.8 Å². The Labute approximate surface area is 161 Å². The topological polar surface area (TPSA) is 47.6 Å². The summed E-state index contributed by atoms with van der Waals surface area (Å²) in [5.74, 6) is -0.221. The van der Waals surface area contributed by atoms with Gasteiger partial charge in [0.2, 0.25) is 0 Å². The molecule has 1 amide bonds. The van der Waals surface area contributed by atoms with Crippen molar-refractivity contribution >= 4 is 29.0 Å². The Morgan fingerprint density at radius 1 is 1.22 bits per heavy atom. The van der Waals surface area contributed by atoms with Crippen LogP contribution in [-0.4, -0.2) is 19.3 Å². The van der Waals surface area contributed by atoms with Crippen LogP contribution in [0.15, 0.2) is 48.5 Å². The van der Waals surface area contributed by atoms with Crippen molar-refractivity contribution in [1.82, 2.24) is 0 Å². The van der Waals surface area contributed by atoms with Gasteiger partial charge in [-0.15, -0.1) is 0 Å². The van der Waals surface area contributed by atoms with Gasteiger partial charge in [-0.3, -0.25) is 5.32 Å². The first-order chi connectivity index (χ1) is 13.0. The van der Waals surface area contributed by atoms with Crippen LogP contribution in [0.4, 0.5) is 14.9 Å². The molecule has 1 fully saturated rings. The molecule has 2 aliphatic rings. The van der Waals surface area contributed by atoms with Crippen molar-refractivity contribution in [3.63, 3.8) is 0 Å². The average Bonchev–Trinajstić information content (AvgIpc) is 2.64. The summed E-state index contributed by atoms with van der Waals surface area (Å²) in [6.07, 6.45) is 4.19. The molecule has 0 bridgehead atoms. The lowest BCUT2D eigenvalue weighted by Crippen LogP contribution is -2.43. The van der Waals surface area contributed by atoms with E-state index >= 15 is 0 Å². The van der Waals surface area contributed by atoms with Crippen molar-refractivity contribution in [3.05, 3.63) is 64.9 Å². The highest BCUT2D eigenvalue weighted by molar-refractivity contribution is 6.32. The van der Waals surface area contributed by atoms with E-state index in [9.17, 15) is 9.18 Å². The largest absolute Gasteiger partial charge is 0.417 e. The number of rotatable bonds is 3. The Hall–Kier alpha value is -2.37. The van der Waals surface area contributed by atoms with E-state index in [-0.39, 0.29) is 11.1 Å². The Balaban J connectivity index is 1.52. The van der Waals surface area contributed by atoms with E-state index in [1.54, 1.807) is 30.3 Å². The zero-order valence-corrected chi connectivity index (χ0v) is 15.4. The van der Waals surface area contributed by atoms with Crippen molar-refractivity contribution in [3.8, 4) is 5.75 Å². The van der Waals surface area contributed by atoms with Crippen LogP contribution < -0.4 is 10.1 Å². The second-order valence-corrected chi connectivity index (χ2v) is 7.47. The first-order valence-electron chi connectivity index (χ1n) is 8.85. The lowest BCUT2D eigenvalue weighted by molar-refractivity contribution is -0.116. The summed E-state index contributed by atoms with van der Waals surface area (Å²) >= 11 is 6.27. The lowest BCUT2D eigenvalue weighted by Gasteiger charge is -2.43. The predicted octanol–water partition coefficient (Wildman–Crippen LogP) is 5.67. The molecular formula is C21H19ClFNO3. The summed E-state index contributed by atoms with van der Waals surface area (Å²) < 4.78 is 24.8. The molecule has 0 aromatic heterocycles. The van der Waals surface area contributed by atoms with Gasteiger partial charge in [0.1, 0.15) is 11.6 Å². The molecule has 1 saturated heterocycles. The number of benzene rings is 2. The molecule has 1 N–H and O–H groups in total. The number of para-hydroxylation sites is 1. The summed E-state index contributed by atoms with van der Waals surface area (Å²) in [4.78, 5) is 12.1. The first kappa shape index (κ1) is 18.0. The highest BCUT2D eigenvalue weighted by Gasteiger charge is 2.39. The quantitative estimate of drug-likeness (QED) is 0.737. The summed E-state index contributed by atoms with van der Waals surface area (Å²) in [5, 5.41) is 2.80. The Bertz CT molecular complexity index is 894. The molecule has 140 valence electrons. The summed E-state index contributed by atoms with van der Waals surface area (Å²) in [6.45, 7) is 1.60. The van der Waals surface area contributed by atoms with E-state index in [4.69, 9.17) is 21.1 Å². The molecule has 1 aliphatic heterocycles. The Kier molecular flexibility index (Phi) is 4.89. The third kappa shape index (κ3) is 3.84. The van der Waals surface area contributed by atoms with Gasteiger partial charge in [0.05, 0.1) is 23.9 Å². The SMILES string of the molecule is O=C(Nc1cc(C2=CCC3(CC2)COC3)c(Cl)cc1F)Oc1ccccc1. The maximum absolute atomic E-state index is 14.3. The zero-order valence-electron chi connectivity index (χ0n) is 14.6. The normalized spacial score (nSPS) is 17.8. The fourth-order valence-electron chi connectivity index (χ4n) is 3.46. The third-order valence-electron chi connectivity index (χ3n) is 5.12. The van der Waals surface area contributed by atoms with Crippen LogP contribution in [0, 0.1) is 11.2 Å². The van der Waals surface area contributed by atoms with Crippen molar-refractivity contribution in [2.24, 2.45) is 5.41 Å². The second kappa shape index (κ2) is 7.33. The van der Waals surface area contributed by atoms with Gasteiger partial charge in [-0.1, -0.05) is 35.9 Å². The van der Waals surface area contributed by atoms with Gasteiger partial charge in [0.25, 0.3) is 0 Å². The number of carbonyl (C=O) groups excluding carboxylic acids is 1. The number of nitrogens with one attached hydrogen (secondary N) is 1. The van der Waals surface area contributed by atoms with E-state index in [0.717, 1.165) is 43.6 Å². The Morgan fingerprint density at radius 3 is 2.63 bits per heavy atom. The van der Waals surface area contributed by atoms with Gasteiger partial charge in [0.15, 0.2) is 0 Å². The van der Waals surface area contributed by atoms with Crippen LogP contribution in [0.25, 0.3) is 5.57 Å². The molecular weight excluding hydrogens is 369 g/mol. The number of hydrogen-bond acceptors (Lipinski definition) is 3. The third-order valence-corrected chi connectivity index (χ3v) is 5.43. The molecule has 0 saturated carbocycles. The van der Waals surface area contributed by atoms with Crippen LogP contribution in [0.1, 0.15) is 24.8 Å². The molecule has 4 nitrogen and oxygen atoms in total. The summed E-state index contributed by atoms with van der Waals surface area (Å²) in [5.41, 5.74) is 2.11.